The Morgan fingerprint density at radius 2 is 2.07 bits per heavy atom. The zero-order chi connectivity index (χ0) is 10.8. The van der Waals surface area contributed by atoms with E-state index >= 15 is 0 Å². The Morgan fingerprint density at radius 3 is 2.67 bits per heavy atom. The second-order valence-corrected chi connectivity index (χ2v) is 3.38. The molecule has 0 bridgehead atoms. The molecule has 0 fully saturated rings. The summed E-state index contributed by atoms with van der Waals surface area (Å²) in [5.41, 5.74) is 2.10. The molecule has 1 N–H and O–H groups in total. The summed E-state index contributed by atoms with van der Waals surface area (Å²) in [6.07, 6.45) is 5.28. The van der Waals surface area contributed by atoms with Crippen LogP contribution in [0.2, 0.25) is 0 Å². The summed E-state index contributed by atoms with van der Waals surface area (Å²) in [4.78, 5) is 8.35. The van der Waals surface area contributed by atoms with Gasteiger partial charge in [0.15, 0.2) is 5.82 Å². The minimum atomic E-state index is 0.808. The normalized spacial score (nSPS) is 10.3. The van der Waals surface area contributed by atoms with Gasteiger partial charge in [0.1, 0.15) is 12.1 Å². The van der Waals surface area contributed by atoms with E-state index in [0.29, 0.717) is 0 Å². The van der Waals surface area contributed by atoms with Crippen molar-refractivity contribution in [3.63, 3.8) is 0 Å². The lowest BCUT2D eigenvalue weighted by Crippen LogP contribution is -2.05. The van der Waals surface area contributed by atoms with E-state index in [-0.39, 0.29) is 0 Å². The van der Waals surface area contributed by atoms with Gasteiger partial charge in [-0.15, -0.1) is 0 Å². The molecule has 5 heteroatoms. The fraction of sp³-hybridized carbons (Fsp3) is 0.300. The lowest BCUT2D eigenvalue weighted by atomic mass is 10.3. The first-order valence-electron chi connectivity index (χ1n) is 4.73. The molecule has 0 radical (unpaired) electrons. The van der Waals surface area contributed by atoms with Crippen molar-refractivity contribution in [2.24, 2.45) is 0 Å². The van der Waals surface area contributed by atoms with E-state index < -0.39 is 0 Å². The monoisotopic (exact) mass is 203 g/mol. The van der Waals surface area contributed by atoms with Crippen LogP contribution in [0.1, 0.15) is 11.1 Å². The summed E-state index contributed by atoms with van der Waals surface area (Å²) in [6.45, 7) is 3.97. The van der Waals surface area contributed by atoms with Crippen molar-refractivity contribution in [1.82, 2.24) is 19.7 Å². The molecule has 0 saturated heterocycles. The van der Waals surface area contributed by atoms with Gasteiger partial charge in [-0.3, -0.25) is 0 Å². The fourth-order valence-electron chi connectivity index (χ4n) is 1.45. The third-order valence-corrected chi connectivity index (χ3v) is 2.22. The molecule has 15 heavy (non-hydrogen) atoms. The Morgan fingerprint density at radius 1 is 1.27 bits per heavy atom. The van der Waals surface area contributed by atoms with Crippen LogP contribution >= 0.6 is 0 Å². The van der Waals surface area contributed by atoms with Crippen molar-refractivity contribution in [2.75, 3.05) is 12.4 Å². The minimum absolute atomic E-state index is 0.808. The first-order chi connectivity index (χ1) is 7.22. The largest absolute Gasteiger partial charge is 0.373 e. The van der Waals surface area contributed by atoms with Gasteiger partial charge in [0, 0.05) is 18.8 Å². The number of aromatic nitrogens is 4. The molecule has 0 aliphatic carbocycles. The van der Waals surface area contributed by atoms with Gasteiger partial charge in [-0.25, -0.2) is 14.6 Å². The Balaban J connectivity index is 2.53. The number of hydrogen-bond donors (Lipinski definition) is 1. The smallest absolute Gasteiger partial charge is 0.161 e. The van der Waals surface area contributed by atoms with Crippen LogP contribution in [-0.4, -0.2) is 26.8 Å². The Kier molecular flexibility index (Phi) is 2.37. The molecule has 2 aromatic heterocycles. The molecule has 0 amide bonds. The maximum absolute atomic E-state index is 4.22. The number of nitrogens with one attached hydrogen (secondary N) is 1. The molecule has 0 spiro atoms. The standard InChI is InChI=1S/C10H13N5/c1-7-4-14-15(5-7)10-8(2)9(11-3)12-6-13-10/h4-6H,1-3H3,(H,11,12,13). The third-order valence-electron chi connectivity index (χ3n) is 2.22. The zero-order valence-electron chi connectivity index (χ0n) is 9.02. The summed E-state index contributed by atoms with van der Waals surface area (Å²) in [6, 6.07) is 0. The molecule has 0 unspecified atom stereocenters. The van der Waals surface area contributed by atoms with Crippen molar-refractivity contribution in [2.45, 2.75) is 13.8 Å². The average Bonchev–Trinajstić information content (AvgIpc) is 2.65. The molecule has 5 nitrogen and oxygen atoms in total. The molecule has 2 aromatic rings. The minimum Gasteiger partial charge on any atom is -0.373 e. The SMILES string of the molecule is CNc1ncnc(-n2cc(C)cn2)c1C. The highest BCUT2D eigenvalue weighted by Crippen LogP contribution is 2.16. The van der Waals surface area contributed by atoms with Crippen molar-refractivity contribution in [3.8, 4) is 5.82 Å². The van der Waals surface area contributed by atoms with E-state index in [1.54, 1.807) is 10.9 Å². The number of nitrogens with zero attached hydrogens (tertiary/aromatic N) is 4. The lowest BCUT2D eigenvalue weighted by molar-refractivity contribution is 0.830. The fourth-order valence-corrected chi connectivity index (χ4v) is 1.45. The van der Waals surface area contributed by atoms with E-state index in [4.69, 9.17) is 0 Å². The molecule has 2 heterocycles. The maximum Gasteiger partial charge on any atom is 0.161 e. The highest BCUT2D eigenvalue weighted by Gasteiger charge is 2.07. The van der Waals surface area contributed by atoms with Gasteiger partial charge < -0.3 is 5.32 Å². The van der Waals surface area contributed by atoms with E-state index in [2.05, 4.69) is 20.4 Å². The molecule has 78 valence electrons. The van der Waals surface area contributed by atoms with Crippen molar-refractivity contribution >= 4 is 5.82 Å². The van der Waals surface area contributed by atoms with Crippen LogP contribution in [0.3, 0.4) is 0 Å². The Bertz CT molecular complexity index is 474. The predicted octanol–water partition coefficient (Wildman–Crippen LogP) is 1.32. The average molecular weight is 203 g/mol. The zero-order valence-corrected chi connectivity index (χ0v) is 9.02. The summed E-state index contributed by atoms with van der Waals surface area (Å²) in [5, 5.41) is 7.24. The van der Waals surface area contributed by atoms with Crippen LogP contribution in [0.4, 0.5) is 5.82 Å². The molecule has 0 atom stereocenters. The lowest BCUT2D eigenvalue weighted by Gasteiger charge is -2.07. The van der Waals surface area contributed by atoms with Crippen LogP contribution in [0, 0.1) is 13.8 Å². The number of anilines is 1. The molecular formula is C10H13N5. The third kappa shape index (κ3) is 1.68. The van der Waals surface area contributed by atoms with E-state index in [0.717, 1.165) is 22.8 Å². The van der Waals surface area contributed by atoms with Gasteiger partial charge in [-0.05, 0) is 19.4 Å². The second kappa shape index (κ2) is 3.68. The molecular weight excluding hydrogens is 190 g/mol. The summed E-state index contributed by atoms with van der Waals surface area (Å²) < 4.78 is 1.76. The predicted molar refractivity (Wildman–Crippen MR) is 58.2 cm³/mol. The van der Waals surface area contributed by atoms with Crippen molar-refractivity contribution < 1.29 is 0 Å². The first kappa shape index (κ1) is 9.64. The highest BCUT2D eigenvalue weighted by molar-refractivity contribution is 5.50. The van der Waals surface area contributed by atoms with Gasteiger partial charge in [0.2, 0.25) is 0 Å². The van der Waals surface area contributed by atoms with E-state index in [1.807, 2.05) is 27.1 Å². The quantitative estimate of drug-likeness (QED) is 0.799. The summed E-state index contributed by atoms with van der Waals surface area (Å²) in [7, 11) is 1.84. The van der Waals surface area contributed by atoms with Gasteiger partial charge >= 0.3 is 0 Å². The van der Waals surface area contributed by atoms with Gasteiger partial charge in [0.05, 0.1) is 6.20 Å². The highest BCUT2D eigenvalue weighted by atomic mass is 15.3. The second-order valence-electron chi connectivity index (χ2n) is 3.38. The number of aryl methyl sites for hydroxylation is 1. The number of rotatable bonds is 2. The Labute approximate surface area is 88.2 Å². The molecule has 0 aromatic carbocycles. The number of hydrogen-bond acceptors (Lipinski definition) is 4. The van der Waals surface area contributed by atoms with Crippen LogP contribution in [0.5, 0.6) is 0 Å². The summed E-state index contributed by atoms with van der Waals surface area (Å²) in [5.74, 6) is 1.63. The maximum atomic E-state index is 4.22. The van der Waals surface area contributed by atoms with Crippen LogP contribution in [-0.2, 0) is 0 Å². The molecule has 0 aliphatic heterocycles. The molecule has 0 saturated carbocycles. The molecule has 0 aliphatic rings. The van der Waals surface area contributed by atoms with Crippen molar-refractivity contribution in [3.05, 3.63) is 29.8 Å². The van der Waals surface area contributed by atoms with E-state index in [1.165, 1.54) is 6.33 Å². The van der Waals surface area contributed by atoms with Crippen LogP contribution < -0.4 is 5.32 Å². The van der Waals surface area contributed by atoms with Gasteiger partial charge in [0.25, 0.3) is 0 Å². The first-order valence-corrected chi connectivity index (χ1v) is 4.73. The molecule has 2 rings (SSSR count). The Hall–Kier alpha value is -1.91. The van der Waals surface area contributed by atoms with Crippen molar-refractivity contribution in [1.29, 1.82) is 0 Å². The van der Waals surface area contributed by atoms with Gasteiger partial charge in [-0.1, -0.05) is 0 Å². The van der Waals surface area contributed by atoms with Gasteiger partial charge in [-0.2, -0.15) is 5.10 Å². The summed E-state index contributed by atoms with van der Waals surface area (Å²) >= 11 is 0. The topological polar surface area (TPSA) is 55.6 Å². The van der Waals surface area contributed by atoms with E-state index in [9.17, 15) is 0 Å². The van der Waals surface area contributed by atoms with Crippen LogP contribution in [0.25, 0.3) is 5.82 Å². The van der Waals surface area contributed by atoms with Crippen LogP contribution in [0.15, 0.2) is 18.7 Å².